The van der Waals surface area contributed by atoms with Crippen molar-refractivity contribution < 1.29 is 9.59 Å². The lowest BCUT2D eigenvalue weighted by molar-refractivity contribution is -0.115. The Bertz CT molecular complexity index is 583. The molecule has 0 bridgehead atoms. The lowest BCUT2D eigenvalue weighted by Gasteiger charge is -2.34. The second-order valence-electron chi connectivity index (χ2n) is 5.58. The highest BCUT2D eigenvalue weighted by atomic mass is 32.2. The average Bonchev–Trinajstić information content (AvgIpc) is 2.74. The molecule has 2 aliphatic rings. The molecule has 5 nitrogen and oxygen atoms in total. The zero-order chi connectivity index (χ0) is 15.5. The third-order valence-electron chi connectivity index (χ3n) is 4.19. The molecule has 0 atom stereocenters. The Kier molecular flexibility index (Phi) is 4.69. The summed E-state index contributed by atoms with van der Waals surface area (Å²) >= 11 is 1.66. The van der Waals surface area contributed by atoms with Gasteiger partial charge in [-0.05, 0) is 24.7 Å². The quantitative estimate of drug-likeness (QED) is 0.904. The number of hydrogen-bond donors (Lipinski definition) is 1. The summed E-state index contributed by atoms with van der Waals surface area (Å²) in [5.74, 6) is 0.861. The Balaban J connectivity index is 1.75. The minimum absolute atomic E-state index is 0.0207. The molecule has 0 unspecified atom stereocenters. The number of rotatable bonds is 2. The molecule has 2 aliphatic heterocycles. The van der Waals surface area contributed by atoms with Crippen LogP contribution >= 0.6 is 11.8 Å². The van der Waals surface area contributed by atoms with Crippen LogP contribution in [0.25, 0.3) is 0 Å². The van der Waals surface area contributed by atoms with Gasteiger partial charge >= 0.3 is 0 Å². The lowest BCUT2D eigenvalue weighted by Crippen LogP contribution is -2.48. The Morgan fingerprint density at radius 3 is 2.77 bits per heavy atom. The summed E-state index contributed by atoms with van der Waals surface area (Å²) in [4.78, 5) is 29.6. The van der Waals surface area contributed by atoms with E-state index in [2.05, 4.69) is 17.1 Å². The molecule has 0 saturated carbocycles. The van der Waals surface area contributed by atoms with E-state index in [1.165, 1.54) is 0 Å². The van der Waals surface area contributed by atoms with Crippen LogP contribution in [0.5, 0.6) is 0 Å². The van der Waals surface area contributed by atoms with Crippen molar-refractivity contribution in [3.63, 3.8) is 0 Å². The van der Waals surface area contributed by atoms with Crippen LogP contribution in [0.3, 0.4) is 0 Å². The highest BCUT2D eigenvalue weighted by Gasteiger charge is 2.22. The van der Waals surface area contributed by atoms with E-state index in [1.54, 1.807) is 11.8 Å². The van der Waals surface area contributed by atoms with E-state index in [9.17, 15) is 9.59 Å². The minimum Gasteiger partial charge on any atom is -0.336 e. The average molecular weight is 319 g/mol. The Morgan fingerprint density at radius 2 is 2.05 bits per heavy atom. The van der Waals surface area contributed by atoms with Crippen molar-refractivity contribution in [1.82, 2.24) is 9.80 Å². The summed E-state index contributed by atoms with van der Waals surface area (Å²) in [5, 5.41) is 2.90. The monoisotopic (exact) mass is 319 g/mol. The SMILES string of the molecule is CCN1CCN(C(=O)c2ccc3c(c2)NC(=O)CCS3)CC1. The standard InChI is InChI=1S/C16H21N3O2S/c1-2-18-6-8-19(9-7-18)16(21)12-3-4-14-13(11-12)17-15(20)5-10-22-14/h3-4,11H,2,5-10H2,1H3,(H,17,20). The molecule has 1 fully saturated rings. The van der Waals surface area contributed by atoms with Gasteiger partial charge < -0.3 is 15.1 Å². The van der Waals surface area contributed by atoms with Crippen LogP contribution in [-0.4, -0.2) is 60.1 Å². The van der Waals surface area contributed by atoms with Crippen LogP contribution in [0.4, 0.5) is 5.69 Å². The fourth-order valence-corrected chi connectivity index (χ4v) is 3.74. The first-order valence-electron chi connectivity index (χ1n) is 7.75. The number of thioether (sulfide) groups is 1. The molecule has 0 aromatic heterocycles. The van der Waals surface area contributed by atoms with E-state index in [0.717, 1.165) is 49.1 Å². The number of carbonyl (C=O) groups is 2. The highest BCUT2D eigenvalue weighted by molar-refractivity contribution is 7.99. The third-order valence-corrected chi connectivity index (χ3v) is 5.27. The van der Waals surface area contributed by atoms with Gasteiger partial charge in [-0.25, -0.2) is 0 Å². The molecule has 0 radical (unpaired) electrons. The number of piperazine rings is 1. The van der Waals surface area contributed by atoms with Crippen molar-refractivity contribution in [1.29, 1.82) is 0 Å². The number of fused-ring (bicyclic) bond motifs is 1. The largest absolute Gasteiger partial charge is 0.336 e. The molecule has 6 heteroatoms. The first-order valence-corrected chi connectivity index (χ1v) is 8.74. The van der Waals surface area contributed by atoms with E-state index in [1.807, 2.05) is 23.1 Å². The van der Waals surface area contributed by atoms with Gasteiger partial charge in [-0.1, -0.05) is 6.92 Å². The zero-order valence-electron chi connectivity index (χ0n) is 12.8. The number of anilines is 1. The summed E-state index contributed by atoms with van der Waals surface area (Å²) in [7, 11) is 0. The summed E-state index contributed by atoms with van der Waals surface area (Å²) in [6.07, 6.45) is 0.515. The Morgan fingerprint density at radius 1 is 1.27 bits per heavy atom. The molecule has 2 heterocycles. The summed E-state index contributed by atoms with van der Waals surface area (Å²) < 4.78 is 0. The van der Waals surface area contributed by atoms with E-state index < -0.39 is 0 Å². The van der Waals surface area contributed by atoms with Gasteiger partial charge in [0.1, 0.15) is 0 Å². The molecule has 22 heavy (non-hydrogen) atoms. The molecule has 2 amide bonds. The summed E-state index contributed by atoms with van der Waals surface area (Å²) in [6.45, 7) is 6.57. The smallest absolute Gasteiger partial charge is 0.254 e. The van der Waals surface area contributed by atoms with E-state index in [0.29, 0.717) is 12.0 Å². The molecule has 118 valence electrons. The first kappa shape index (κ1) is 15.4. The minimum atomic E-state index is 0.0207. The van der Waals surface area contributed by atoms with Gasteiger partial charge in [-0.15, -0.1) is 11.8 Å². The maximum Gasteiger partial charge on any atom is 0.254 e. The predicted molar refractivity (Wildman–Crippen MR) is 88.4 cm³/mol. The van der Waals surface area contributed by atoms with E-state index in [-0.39, 0.29) is 11.8 Å². The van der Waals surface area contributed by atoms with Crippen LogP contribution in [0.1, 0.15) is 23.7 Å². The van der Waals surface area contributed by atoms with E-state index in [4.69, 9.17) is 0 Å². The van der Waals surface area contributed by atoms with Crippen molar-refractivity contribution in [2.24, 2.45) is 0 Å². The van der Waals surface area contributed by atoms with Gasteiger partial charge in [0.2, 0.25) is 5.91 Å². The zero-order valence-corrected chi connectivity index (χ0v) is 13.6. The molecule has 0 aliphatic carbocycles. The lowest BCUT2D eigenvalue weighted by atomic mass is 10.1. The van der Waals surface area contributed by atoms with Crippen LogP contribution < -0.4 is 5.32 Å². The van der Waals surface area contributed by atoms with Crippen LogP contribution in [0.2, 0.25) is 0 Å². The predicted octanol–water partition coefficient (Wildman–Crippen LogP) is 1.90. The first-order chi connectivity index (χ1) is 10.7. The van der Waals surface area contributed by atoms with Gasteiger partial charge in [0.25, 0.3) is 5.91 Å². The van der Waals surface area contributed by atoms with Crippen molar-refractivity contribution in [2.45, 2.75) is 18.2 Å². The second-order valence-corrected chi connectivity index (χ2v) is 6.72. The second kappa shape index (κ2) is 6.71. The Hall–Kier alpha value is -1.53. The van der Waals surface area contributed by atoms with Crippen molar-refractivity contribution in [3.05, 3.63) is 23.8 Å². The number of likely N-dealkylation sites (N-methyl/N-ethyl adjacent to an activating group) is 1. The number of nitrogens with one attached hydrogen (secondary N) is 1. The molecule has 1 N–H and O–H groups in total. The van der Waals surface area contributed by atoms with Crippen molar-refractivity contribution in [2.75, 3.05) is 43.8 Å². The molecular formula is C16H21N3O2S. The molecule has 1 aromatic rings. The van der Waals surface area contributed by atoms with Gasteiger partial charge in [0.05, 0.1) is 5.69 Å². The number of benzene rings is 1. The van der Waals surface area contributed by atoms with Gasteiger partial charge in [-0.3, -0.25) is 9.59 Å². The fourth-order valence-electron chi connectivity index (χ4n) is 2.80. The molecule has 0 spiro atoms. The third kappa shape index (κ3) is 3.28. The molecular weight excluding hydrogens is 298 g/mol. The fraction of sp³-hybridized carbons (Fsp3) is 0.500. The van der Waals surface area contributed by atoms with Gasteiger partial charge in [-0.2, -0.15) is 0 Å². The number of hydrogen-bond acceptors (Lipinski definition) is 4. The van der Waals surface area contributed by atoms with Crippen molar-refractivity contribution >= 4 is 29.3 Å². The Labute approximate surface area is 135 Å². The summed E-state index contributed by atoms with van der Waals surface area (Å²) in [5.41, 5.74) is 1.43. The van der Waals surface area contributed by atoms with Crippen LogP contribution in [0.15, 0.2) is 23.1 Å². The van der Waals surface area contributed by atoms with Crippen LogP contribution in [-0.2, 0) is 4.79 Å². The normalized spacial score (nSPS) is 19.3. The molecule has 1 aromatic carbocycles. The number of carbonyl (C=O) groups excluding carboxylic acids is 2. The molecule has 3 rings (SSSR count). The van der Waals surface area contributed by atoms with Crippen molar-refractivity contribution in [3.8, 4) is 0 Å². The topological polar surface area (TPSA) is 52.6 Å². The molecule has 1 saturated heterocycles. The van der Waals surface area contributed by atoms with Crippen LogP contribution in [0, 0.1) is 0 Å². The summed E-state index contributed by atoms with van der Waals surface area (Å²) in [6, 6.07) is 5.64. The number of amides is 2. The number of nitrogens with zero attached hydrogens (tertiary/aromatic N) is 2. The van der Waals surface area contributed by atoms with Gasteiger partial charge in [0.15, 0.2) is 0 Å². The highest BCUT2D eigenvalue weighted by Crippen LogP contribution is 2.31. The maximum atomic E-state index is 12.6. The maximum absolute atomic E-state index is 12.6. The van der Waals surface area contributed by atoms with E-state index >= 15 is 0 Å². The van der Waals surface area contributed by atoms with Gasteiger partial charge in [0, 0.05) is 48.8 Å².